The van der Waals surface area contributed by atoms with E-state index in [0.29, 0.717) is 12.8 Å². The highest BCUT2D eigenvalue weighted by Gasteiger charge is 2.44. The predicted molar refractivity (Wildman–Crippen MR) is 322 cm³/mol. The van der Waals surface area contributed by atoms with Crippen LogP contribution in [0.4, 0.5) is 0 Å². The van der Waals surface area contributed by atoms with Crippen LogP contribution in [0.15, 0.2) is 122 Å². The lowest BCUT2D eigenvalue weighted by Crippen LogP contribution is -2.60. The number of unbranched alkanes of at least 4 members (excludes halogenated alkanes) is 23. The molecule has 6 N–H and O–H groups in total. The molecule has 0 aromatic heterocycles. The summed E-state index contributed by atoms with van der Waals surface area (Å²) in [6, 6.07) is -0.846. The summed E-state index contributed by atoms with van der Waals surface area (Å²) in [5.41, 5.74) is 0. The van der Waals surface area contributed by atoms with Crippen LogP contribution >= 0.6 is 0 Å². The second-order valence-corrected chi connectivity index (χ2v) is 20.8. The quantitative estimate of drug-likeness (QED) is 0.0261. The molecule has 7 atom stereocenters. The van der Waals surface area contributed by atoms with Crippen LogP contribution in [-0.4, -0.2) is 87.5 Å². The van der Waals surface area contributed by atoms with Crippen LogP contribution in [0.3, 0.4) is 0 Å². The van der Waals surface area contributed by atoms with E-state index < -0.39 is 49.5 Å². The Bertz CT molecular complexity index is 1610. The highest BCUT2D eigenvalue weighted by Crippen LogP contribution is 2.23. The highest BCUT2D eigenvalue weighted by molar-refractivity contribution is 5.76. The van der Waals surface area contributed by atoms with Gasteiger partial charge in [-0.3, -0.25) is 4.79 Å². The Kier molecular flexibility index (Phi) is 51.0. The second kappa shape index (κ2) is 54.9. The standard InChI is InChI=1S/C67H113NO8/c1-3-5-7-9-11-13-15-17-19-21-23-25-27-29-30-31-32-33-35-37-39-41-43-45-47-49-51-53-55-57-63(71)68-60(59-75-67-66(74)65(73)64(72)62(58-69)76-67)61(70)56-54-52-50-48-46-44-42-40-38-36-34-28-26-24-22-20-18-16-14-12-10-8-6-4-2/h5,7,11,13,17,19,23,25,29-30,32-33,37,39,43,45-46,48,54,56,60-62,64-67,69-70,72-74H,3-4,6,8-10,12,14-16,18,20-22,24,26-28,31,34-36,38,40-42,44,47,49-53,55,57-59H2,1-2H3,(H,68,71)/b7-5-,13-11-,19-17-,25-23-,30-29-,33-32-,39-37-,45-43-,48-46+,56-54+. The molecule has 0 bridgehead atoms. The van der Waals surface area contributed by atoms with Gasteiger partial charge in [-0.1, -0.05) is 257 Å². The third-order valence-corrected chi connectivity index (χ3v) is 13.8. The van der Waals surface area contributed by atoms with E-state index in [2.05, 4.69) is 129 Å². The van der Waals surface area contributed by atoms with Crippen LogP contribution in [-0.2, 0) is 14.3 Å². The molecule has 0 spiro atoms. The molecule has 1 aliphatic heterocycles. The smallest absolute Gasteiger partial charge is 0.220 e. The molecule has 0 aromatic carbocycles. The summed E-state index contributed by atoms with van der Waals surface area (Å²) < 4.78 is 11.3. The number of aliphatic hydroxyl groups is 5. The average molecular weight is 1060 g/mol. The van der Waals surface area contributed by atoms with Crippen LogP contribution in [0.1, 0.15) is 239 Å². The van der Waals surface area contributed by atoms with Gasteiger partial charge in [0.1, 0.15) is 24.4 Å². The lowest BCUT2D eigenvalue weighted by Gasteiger charge is -2.40. The fourth-order valence-electron chi connectivity index (χ4n) is 8.95. The van der Waals surface area contributed by atoms with E-state index in [9.17, 15) is 30.3 Å². The third-order valence-electron chi connectivity index (χ3n) is 13.8. The van der Waals surface area contributed by atoms with Crippen molar-refractivity contribution in [3.63, 3.8) is 0 Å². The predicted octanol–water partition coefficient (Wildman–Crippen LogP) is 15.9. The molecule has 1 aliphatic rings. The average Bonchev–Trinajstić information content (AvgIpc) is 3.42. The van der Waals surface area contributed by atoms with E-state index >= 15 is 0 Å². The molecule has 0 aliphatic carbocycles. The fourth-order valence-corrected chi connectivity index (χ4v) is 8.95. The van der Waals surface area contributed by atoms with Gasteiger partial charge in [0.25, 0.3) is 0 Å². The van der Waals surface area contributed by atoms with Crippen molar-refractivity contribution in [2.24, 2.45) is 0 Å². The maximum absolute atomic E-state index is 13.1. The van der Waals surface area contributed by atoms with Gasteiger partial charge in [-0.05, 0) is 96.3 Å². The number of carbonyl (C=O) groups is 1. The molecule has 1 heterocycles. The molecule has 434 valence electrons. The first-order valence-corrected chi connectivity index (χ1v) is 30.8. The monoisotopic (exact) mass is 1060 g/mol. The van der Waals surface area contributed by atoms with Crippen molar-refractivity contribution >= 4 is 5.91 Å². The molecule has 9 heteroatoms. The first kappa shape index (κ1) is 70.6. The van der Waals surface area contributed by atoms with Gasteiger partial charge in [0.15, 0.2) is 6.29 Å². The van der Waals surface area contributed by atoms with Crippen molar-refractivity contribution in [3.05, 3.63) is 122 Å². The van der Waals surface area contributed by atoms with Gasteiger partial charge in [0.05, 0.1) is 25.4 Å². The summed E-state index contributed by atoms with van der Waals surface area (Å²) in [7, 11) is 0. The number of ether oxygens (including phenoxy) is 2. The van der Waals surface area contributed by atoms with Crippen molar-refractivity contribution in [1.29, 1.82) is 0 Å². The van der Waals surface area contributed by atoms with Crippen LogP contribution in [0.2, 0.25) is 0 Å². The van der Waals surface area contributed by atoms with Gasteiger partial charge in [-0.15, -0.1) is 0 Å². The van der Waals surface area contributed by atoms with E-state index in [0.717, 1.165) is 96.3 Å². The molecule has 0 saturated carbocycles. The Hall–Kier alpha value is -3.41. The summed E-state index contributed by atoms with van der Waals surface area (Å²) in [6.45, 7) is 3.64. The number of amides is 1. The van der Waals surface area contributed by atoms with E-state index in [4.69, 9.17) is 9.47 Å². The van der Waals surface area contributed by atoms with E-state index in [1.807, 2.05) is 6.08 Å². The van der Waals surface area contributed by atoms with Gasteiger partial charge in [0.2, 0.25) is 5.91 Å². The lowest BCUT2D eigenvalue weighted by molar-refractivity contribution is -0.302. The largest absolute Gasteiger partial charge is 0.394 e. The summed E-state index contributed by atoms with van der Waals surface area (Å²) in [4.78, 5) is 13.1. The molecular weight excluding hydrogens is 947 g/mol. The Labute approximate surface area is 465 Å². The van der Waals surface area contributed by atoms with Crippen LogP contribution in [0.5, 0.6) is 0 Å². The molecule has 7 unspecified atom stereocenters. The maximum atomic E-state index is 13.1. The summed E-state index contributed by atoms with van der Waals surface area (Å²) in [5.74, 6) is -0.215. The van der Waals surface area contributed by atoms with E-state index in [1.54, 1.807) is 6.08 Å². The number of allylic oxidation sites excluding steroid dienone is 19. The minimum absolute atomic E-state index is 0.215. The molecule has 9 nitrogen and oxygen atoms in total. The van der Waals surface area contributed by atoms with Crippen molar-refractivity contribution in [3.8, 4) is 0 Å². The minimum atomic E-state index is -1.59. The zero-order valence-electron chi connectivity index (χ0n) is 48.2. The molecule has 1 saturated heterocycles. The molecule has 1 rings (SSSR count). The molecule has 0 aromatic rings. The van der Waals surface area contributed by atoms with Crippen molar-refractivity contribution in [2.75, 3.05) is 13.2 Å². The number of rotatable bonds is 51. The van der Waals surface area contributed by atoms with Crippen LogP contribution in [0.25, 0.3) is 0 Å². The minimum Gasteiger partial charge on any atom is -0.394 e. The topological polar surface area (TPSA) is 149 Å². The van der Waals surface area contributed by atoms with Gasteiger partial charge in [-0.25, -0.2) is 0 Å². The summed E-state index contributed by atoms with van der Waals surface area (Å²) in [5, 5.41) is 54.6. The molecule has 76 heavy (non-hydrogen) atoms. The van der Waals surface area contributed by atoms with E-state index in [-0.39, 0.29) is 12.5 Å². The third kappa shape index (κ3) is 43.6. The zero-order valence-corrected chi connectivity index (χ0v) is 48.2. The second-order valence-electron chi connectivity index (χ2n) is 20.8. The molecule has 1 fully saturated rings. The van der Waals surface area contributed by atoms with Gasteiger partial charge < -0.3 is 40.3 Å². The Morgan fingerprint density at radius 1 is 0.461 bits per heavy atom. The van der Waals surface area contributed by atoms with E-state index in [1.165, 1.54) is 116 Å². The molecule has 0 radical (unpaired) electrons. The number of nitrogens with one attached hydrogen (secondary N) is 1. The lowest BCUT2D eigenvalue weighted by atomic mass is 9.99. The van der Waals surface area contributed by atoms with Crippen molar-refractivity contribution in [1.82, 2.24) is 5.32 Å². The maximum Gasteiger partial charge on any atom is 0.220 e. The summed E-state index contributed by atoms with van der Waals surface area (Å²) >= 11 is 0. The SMILES string of the molecule is CC/C=C\C/C=C\C/C=C\C/C=C\C/C=C\C/C=C\C/C=C\C/C=C\CCCCCCC(=O)NC(COC1OC(CO)C(O)C(O)C1O)C(O)/C=C/CC/C=C/CCCCCCCCCCCCCCCCCCCC. The number of hydrogen-bond donors (Lipinski definition) is 6. The Balaban J connectivity index is 2.28. The number of carbonyl (C=O) groups excluding carboxylic acids is 1. The van der Waals surface area contributed by atoms with Gasteiger partial charge in [-0.2, -0.15) is 0 Å². The van der Waals surface area contributed by atoms with Crippen LogP contribution in [0, 0.1) is 0 Å². The van der Waals surface area contributed by atoms with Crippen LogP contribution < -0.4 is 5.32 Å². The first-order valence-electron chi connectivity index (χ1n) is 30.8. The zero-order chi connectivity index (χ0) is 55.0. The molecule has 1 amide bonds. The van der Waals surface area contributed by atoms with Gasteiger partial charge >= 0.3 is 0 Å². The van der Waals surface area contributed by atoms with Gasteiger partial charge in [0, 0.05) is 6.42 Å². The highest BCUT2D eigenvalue weighted by atomic mass is 16.7. The normalized spacial score (nSPS) is 19.7. The number of aliphatic hydroxyl groups excluding tert-OH is 5. The summed E-state index contributed by atoms with van der Waals surface area (Å²) in [6.07, 6.45) is 75.5. The van der Waals surface area contributed by atoms with Crippen molar-refractivity contribution < 1.29 is 39.8 Å². The van der Waals surface area contributed by atoms with Crippen molar-refractivity contribution in [2.45, 2.75) is 281 Å². The Morgan fingerprint density at radius 3 is 1.26 bits per heavy atom. The first-order chi connectivity index (χ1) is 37.3. The fraction of sp³-hybridized carbons (Fsp3) is 0.687. The Morgan fingerprint density at radius 2 is 0.829 bits per heavy atom. The number of hydrogen-bond acceptors (Lipinski definition) is 8. The molecular formula is C67H113NO8.